The Labute approximate surface area is 805 Å². The van der Waals surface area contributed by atoms with Crippen LogP contribution in [0.3, 0.4) is 0 Å². The van der Waals surface area contributed by atoms with Crippen molar-refractivity contribution in [2.75, 3.05) is 36.0 Å². The summed E-state index contributed by atoms with van der Waals surface area (Å²) in [6.45, 7) is 8.99. The maximum absolute atomic E-state index is 5.39. The molecule has 0 unspecified atom stereocenters. The van der Waals surface area contributed by atoms with Gasteiger partial charge in [0.05, 0.1) is 40.9 Å². The van der Waals surface area contributed by atoms with E-state index < -0.39 is 0 Å². The van der Waals surface area contributed by atoms with Crippen LogP contribution in [0.15, 0.2) is 364 Å². The molecule has 28 rings (SSSR count). The van der Waals surface area contributed by atoms with Crippen LogP contribution in [-0.4, -0.2) is 46.1 Å². The molecule has 136 heavy (non-hydrogen) atoms. The molecule has 0 amide bonds. The van der Waals surface area contributed by atoms with Crippen LogP contribution >= 0.6 is 45.3 Å². The Morgan fingerprint density at radius 1 is 0.213 bits per heavy atom. The largest absolute Gasteiger partial charge is 0.371 e. The van der Waals surface area contributed by atoms with Gasteiger partial charge in [0.2, 0.25) is 0 Å². The van der Waals surface area contributed by atoms with Gasteiger partial charge in [-0.15, -0.1) is 45.3 Å². The van der Waals surface area contributed by atoms with Crippen LogP contribution in [0.2, 0.25) is 0 Å². The average Bonchev–Trinajstić information content (AvgIpc) is 0.952. The molecule has 0 saturated heterocycles. The second-order valence-electron chi connectivity index (χ2n) is 37.3. The third-order valence-electron chi connectivity index (χ3n) is 29.1. The van der Waals surface area contributed by atoms with Gasteiger partial charge in [0.15, 0.2) is 0 Å². The second kappa shape index (κ2) is 33.0. The molecule has 0 bridgehead atoms. The van der Waals surface area contributed by atoms with Crippen molar-refractivity contribution in [1.82, 2.24) is 19.9 Å². The van der Waals surface area contributed by atoms with E-state index in [9.17, 15) is 0 Å². The third-order valence-corrected chi connectivity index (χ3v) is 33.6. The lowest BCUT2D eigenvalue weighted by Gasteiger charge is -2.36. The van der Waals surface area contributed by atoms with E-state index in [-0.39, 0.29) is 0 Å². The zero-order valence-corrected chi connectivity index (χ0v) is 78.7. The van der Waals surface area contributed by atoms with Gasteiger partial charge in [-0.2, -0.15) is 0 Å². The lowest BCUT2D eigenvalue weighted by molar-refractivity contribution is 0.637. The van der Waals surface area contributed by atoms with E-state index in [2.05, 4.69) is 388 Å². The van der Waals surface area contributed by atoms with Gasteiger partial charge in [0.1, 0.15) is 20.0 Å². The zero-order chi connectivity index (χ0) is 89.7. The Balaban J connectivity index is 0.000000140. The number of aromatic nitrogens is 4. The lowest BCUT2D eigenvalue weighted by Crippen LogP contribution is -2.34. The van der Waals surface area contributed by atoms with Crippen molar-refractivity contribution in [3.8, 4) is 131 Å². The van der Waals surface area contributed by atoms with Gasteiger partial charge < -0.3 is 9.80 Å². The molecule has 0 radical (unpaired) electrons. The fraction of sp³-hybridized carbons (Fsp3) is 0.111. The number of hydrogen-bond acceptors (Lipinski definition) is 10. The van der Waals surface area contributed by atoms with Crippen molar-refractivity contribution in [2.24, 2.45) is 0 Å². The van der Waals surface area contributed by atoms with Gasteiger partial charge in [0, 0.05) is 59.8 Å². The Morgan fingerprint density at radius 2 is 0.441 bits per heavy atom. The summed E-state index contributed by atoms with van der Waals surface area (Å²) in [5.74, 6) is 0. The van der Waals surface area contributed by atoms with Crippen LogP contribution in [0.25, 0.3) is 237 Å². The first kappa shape index (κ1) is 80.7. The van der Waals surface area contributed by atoms with Crippen LogP contribution in [0.1, 0.15) is 59.1 Å². The normalized spacial score (nSPS) is 13.6. The molecule has 24 aromatic rings. The molecular weight excluding hydrogens is 1730 g/mol. The molecule has 0 saturated carbocycles. The molecule has 10 heteroatoms. The molecule has 6 nitrogen and oxygen atoms in total. The van der Waals surface area contributed by atoms with Gasteiger partial charge in [-0.3, -0.25) is 0 Å². The Morgan fingerprint density at radius 3 is 0.713 bits per heavy atom. The molecule has 0 atom stereocenters. The maximum Gasteiger partial charge on any atom is 0.124 e. The minimum atomic E-state index is 1.04. The van der Waals surface area contributed by atoms with Crippen LogP contribution in [-0.2, 0) is 25.7 Å². The highest BCUT2D eigenvalue weighted by molar-refractivity contribution is 7.23. The highest BCUT2D eigenvalue weighted by Crippen LogP contribution is 2.58. The Kier molecular flexibility index (Phi) is 19.6. The number of benzene rings is 20. The van der Waals surface area contributed by atoms with E-state index in [1.165, 1.54) is 291 Å². The van der Waals surface area contributed by atoms with Crippen molar-refractivity contribution >= 4 is 162 Å². The molecule has 0 spiro atoms. The zero-order valence-electron chi connectivity index (χ0n) is 75.4. The fourth-order valence-corrected chi connectivity index (χ4v) is 27.6. The smallest absolute Gasteiger partial charge is 0.124 e. The molecule has 20 aromatic carbocycles. The molecule has 8 heterocycles. The maximum atomic E-state index is 5.39. The second-order valence-corrected chi connectivity index (χ2v) is 41.3. The molecular formula is C126H90N6S4. The van der Waals surface area contributed by atoms with E-state index in [1.807, 2.05) is 22.7 Å². The van der Waals surface area contributed by atoms with E-state index >= 15 is 0 Å². The SMILES string of the molecule is Cc1ccc2nc(-c3ccc(-c4c5ccccc5c(-c5ccc(-c6nc7ccc(C)cc7s6)cc5)c5c(-c6ccccc6)c6ccccc6c(-c6ccccc6)c45)cc3)sc2c1.c1ccc(-c2c3ccccc3c(-c3ccccc3)c3c(-c4ccc(-c5nc6cc7c8c(c6s5)CCCN8CCC7)cc4)c4ccccc4c(-c4ccc(-c5nc6cc7c8c(c6s5)CCCN8CCC7)cc4)c23)cc1. The monoisotopic (exact) mass is 1810 g/mol. The van der Waals surface area contributed by atoms with Crippen molar-refractivity contribution in [3.63, 3.8) is 0 Å². The molecule has 0 fully saturated rings. The minimum absolute atomic E-state index is 1.04. The van der Waals surface area contributed by atoms with Crippen molar-refractivity contribution in [2.45, 2.75) is 65.2 Å². The van der Waals surface area contributed by atoms with Gasteiger partial charge in [-0.1, -0.05) is 328 Å². The highest BCUT2D eigenvalue weighted by Gasteiger charge is 2.34. The summed E-state index contributed by atoms with van der Waals surface area (Å²) in [4.78, 5) is 26.2. The van der Waals surface area contributed by atoms with E-state index in [4.69, 9.17) is 19.9 Å². The Hall–Kier alpha value is -14.9. The van der Waals surface area contributed by atoms with Crippen LogP contribution in [0.5, 0.6) is 0 Å². The van der Waals surface area contributed by atoms with Crippen molar-refractivity contribution < 1.29 is 0 Å². The standard InChI is InChI=1S/C68H52N4S2.C58H38N2S2/c1-3-15-41(16-4-1)57-49-21-7-8-22-50(49)58(42-17-5-2-6-18-42)62-60(44-29-33-46(34-30-44)68-70-56-40-48-20-12-36-72-38-14-26-54(64(48)72)66(56)74-68)52-24-10-9-23-51(52)59(61(57)62)43-27-31-45(32-28-43)67-69-55-39-47-19-11-35-71-37-13-25-53(63(47)71)65(55)73-67;1-35-21-31-47-49(33-35)61-57(59-47)41-27-23-39(24-28-41)53-45-19-11-12-20-46(45)54(40-25-29-42(30-26-40)58-60-48-32-22-36(2)34-50(48)62-58)56-52(38-15-7-4-8-16-38)44-18-10-9-17-43(44)51(55(53)56)37-13-5-3-6-14-37/h1-10,15-18,21-24,27-34,39-40H,11-14,19-20,25-26,35-38H2;3-34H,1-2H3. The molecule has 648 valence electrons. The summed E-state index contributed by atoms with van der Waals surface area (Å²) < 4.78 is 5.19. The fourth-order valence-electron chi connectivity index (χ4n) is 23.2. The number of thiazole rings is 4. The number of nitrogens with zero attached hydrogens (tertiary/aromatic N) is 6. The van der Waals surface area contributed by atoms with Crippen molar-refractivity contribution in [1.29, 1.82) is 0 Å². The van der Waals surface area contributed by atoms with Crippen LogP contribution < -0.4 is 9.80 Å². The van der Waals surface area contributed by atoms with Crippen molar-refractivity contribution in [3.05, 3.63) is 397 Å². The van der Waals surface area contributed by atoms with E-state index in [0.29, 0.717) is 0 Å². The first-order chi connectivity index (χ1) is 67.2. The lowest BCUT2D eigenvalue weighted by atomic mass is 9.77. The summed E-state index contributed by atoms with van der Waals surface area (Å²) in [5.41, 5.74) is 40.1. The van der Waals surface area contributed by atoms with E-state index in [1.54, 1.807) is 22.7 Å². The average molecular weight is 1820 g/mol. The summed E-state index contributed by atoms with van der Waals surface area (Å²) >= 11 is 7.28. The number of aryl methyl sites for hydroxylation is 6. The number of anilines is 2. The first-order valence-electron chi connectivity index (χ1n) is 47.9. The summed E-state index contributed by atoms with van der Waals surface area (Å²) in [7, 11) is 0. The Bertz CT molecular complexity index is 8440. The molecule has 0 N–H and O–H groups in total. The van der Waals surface area contributed by atoms with Crippen LogP contribution in [0.4, 0.5) is 11.4 Å². The topological polar surface area (TPSA) is 58.0 Å². The molecule has 4 aromatic heterocycles. The van der Waals surface area contributed by atoms with Gasteiger partial charge >= 0.3 is 0 Å². The number of fused-ring (bicyclic) bond motifs is 12. The number of rotatable bonds is 12. The summed E-state index contributed by atoms with van der Waals surface area (Å²) in [6, 6.07) is 136. The predicted octanol–water partition coefficient (Wildman–Crippen LogP) is 34.7. The van der Waals surface area contributed by atoms with Gasteiger partial charge in [0.25, 0.3) is 0 Å². The van der Waals surface area contributed by atoms with Gasteiger partial charge in [-0.05, 0) is 289 Å². The number of hydrogen-bond donors (Lipinski definition) is 0. The minimum Gasteiger partial charge on any atom is -0.371 e. The highest BCUT2D eigenvalue weighted by atomic mass is 32.1. The van der Waals surface area contributed by atoms with Gasteiger partial charge in [-0.25, -0.2) is 19.9 Å². The van der Waals surface area contributed by atoms with Crippen LogP contribution in [0, 0.1) is 13.8 Å². The predicted molar refractivity (Wildman–Crippen MR) is 583 cm³/mol. The summed E-state index contributed by atoms with van der Waals surface area (Å²) in [6.07, 6.45) is 9.49. The molecule has 4 aliphatic heterocycles. The molecule has 4 aliphatic rings. The first-order valence-corrected chi connectivity index (χ1v) is 51.2. The third kappa shape index (κ3) is 13.5. The summed E-state index contributed by atoms with van der Waals surface area (Å²) in [5, 5.41) is 19.2. The van der Waals surface area contributed by atoms with E-state index in [0.717, 1.165) is 67.9 Å². The molecule has 0 aliphatic carbocycles. The quantitative estimate of drug-likeness (QED) is 0.114.